The summed E-state index contributed by atoms with van der Waals surface area (Å²) in [5.74, 6) is -0.392. The van der Waals surface area contributed by atoms with E-state index in [9.17, 15) is 4.79 Å². The molecule has 0 atom stereocenters. The Morgan fingerprint density at radius 2 is 2.29 bits per heavy atom. The summed E-state index contributed by atoms with van der Waals surface area (Å²) in [7, 11) is 0. The number of aryl methyl sites for hydroxylation is 1. The fraction of sp³-hybridized carbons (Fsp3) is 0.636. The van der Waals surface area contributed by atoms with Crippen molar-refractivity contribution < 1.29 is 4.79 Å². The lowest BCUT2D eigenvalue weighted by atomic mass is 10.2. The first kappa shape index (κ1) is 13.2. The van der Waals surface area contributed by atoms with Crippen molar-refractivity contribution in [1.29, 1.82) is 5.26 Å². The summed E-state index contributed by atoms with van der Waals surface area (Å²) < 4.78 is 1.80. The molecule has 6 nitrogen and oxygen atoms in total. The van der Waals surface area contributed by atoms with Gasteiger partial charge < -0.3 is 5.73 Å². The van der Waals surface area contributed by atoms with Crippen LogP contribution in [0, 0.1) is 11.3 Å². The predicted molar refractivity (Wildman–Crippen MR) is 61.8 cm³/mol. The molecule has 0 aromatic carbocycles. The van der Waals surface area contributed by atoms with Crippen molar-refractivity contribution in [2.75, 3.05) is 0 Å². The molecule has 1 heterocycles. The molecule has 0 fully saturated rings. The van der Waals surface area contributed by atoms with Crippen LogP contribution in [0.5, 0.6) is 0 Å². The molecule has 1 aromatic rings. The van der Waals surface area contributed by atoms with Gasteiger partial charge in [-0.15, -0.1) is 5.10 Å². The van der Waals surface area contributed by atoms with Gasteiger partial charge in [0.1, 0.15) is 0 Å². The van der Waals surface area contributed by atoms with Crippen molar-refractivity contribution in [3.8, 4) is 6.07 Å². The van der Waals surface area contributed by atoms with Crippen molar-refractivity contribution >= 4 is 5.91 Å². The standard InChI is InChI=1S/C11H17N5O/c1-2-10-9(8-11(13)17)14-15-16(10)7-5-3-4-6-12/h2-5,7-8H2,1H3,(H2,13,17). The number of nitriles is 1. The van der Waals surface area contributed by atoms with Crippen molar-refractivity contribution in [2.24, 2.45) is 5.73 Å². The van der Waals surface area contributed by atoms with Crippen LogP contribution in [0.25, 0.3) is 0 Å². The highest BCUT2D eigenvalue weighted by Gasteiger charge is 2.12. The molecule has 0 saturated heterocycles. The Labute approximate surface area is 100 Å². The van der Waals surface area contributed by atoms with Crippen LogP contribution in [0.15, 0.2) is 0 Å². The first-order valence-electron chi connectivity index (χ1n) is 5.75. The number of aromatic nitrogens is 3. The first-order chi connectivity index (χ1) is 8.19. The van der Waals surface area contributed by atoms with Gasteiger partial charge in [0.15, 0.2) is 0 Å². The number of nitrogens with zero attached hydrogens (tertiary/aromatic N) is 4. The molecule has 0 unspecified atom stereocenters. The number of carbonyl (C=O) groups excluding carboxylic acids is 1. The Balaban J connectivity index is 2.63. The van der Waals surface area contributed by atoms with Gasteiger partial charge in [-0.1, -0.05) is 12.1 Å². The third kappa shape index (κ3) is 3.87. The molecule has 1 rings (SSSR count). The number of primary amides is 1. The quantitative estimate of drug-likeness (QED) is 0.698. The van der Waals surface area contributed by atoms with E-state index in [4.69, 9.17) is 11.0 Å². The summed E-state index contributed by atoms with van der Waals surface area (Å²) >= 11 is 0. The molecule has 0 aliphatic heterocycles. The second kappa shape index (κ2) is 6.63. The molecule has 0 aliphatic carbocycles. The molecule has 1 amide bonds. The summed E-state index contributed by atoms with van der Waals surface area (Å²) in [6, 6.07) is 2.11. The van der Waals surface area contributed by atoms with Gasteiger partial charge in [-0.05, 0) is 19.3 Å². The van der Waals surface area contributed by atoms with Crippen LogP contribution in [0.4, 0.5) is 0 Å². The minimum Gasteiger partial charge on any atom is -0.369 e. The summed E-state index contributed by atoms with van der Waals surface area (Å²) in [5.41, 5.74) is 6.77. The maximum atomic E-state index is 10.9. The molecule has 0 aliphatic rings. The zero-order valence-electron chi connectivity index (χ0n) is 10.0. The highest BCUT2D eigenvalue weighted by Crippen LogP contribution is 2.09. The molecule has 0 radical (unpaired) electrons. The summed E-state index contributed by atoms with van der Waals surface area (Å²) in [5, 5.41) is 16.4. The molecule has 17 heavy (non-hydrogen) atoms. The molecule has 0 spiro atoms. The number of unbranched alkanes of at least 4 members (excludes halogenated alkanes) is 2. The molecule has 92 valence electrons. The van der Waals surface area contributed by atoms with Crippen molar-refractivity contribution in [1.82, 2.24) is 15.0 Å². The Morgan fingerprint density at radius 1 is 1.53 bits per heavy atom. The fourth-order valence-electron chi connectivity index (χ4n) is 1.70. The van der Waals surface area contributed by atoms with Crippen LogP contribution < -0.4 is 5.73 Å². The lowest BCUT2D eigenvalue weighted by molar-refractivity contribution is -0.117. The minimum absolute atomic E-state index is 0.140. The van der Waals surface area contributed by atoms with Crippen LogP contribution >= 0.6 is 0 Å². The normalized spacial score (nSPS) is 10.1. The van der Waals surface area contributed by atoms with Crippen LogP contribution in [0.3, 0.4) is 0 Å². The van der Waals surface area contributed by atoms with E-state index in [2.05, 4.69) is 16.4 Å². The van der Waals surface area contributed by atoms with Gasteiger partial charge in [-0.2, -0.15) is 5.26 Å². The van der Waals surface area contributed by atoms with Gasteiger partial charge in [-0.3, -0.25) is 4.79 Å². The van der Waals surface area contributed by atoms with E-state index in [1.54, 1.807) is 4.68 Å². The topological polar surface area (TPSA) is 97.6 Å². The highest BCUT2D eigenvalue weighted by atomic mass is 16.1. The Morgan fingerprint density at radius 3 is 2.88 bits per heavy atom. The van der Waals surface area contributed by atoms with Crippen LogP contribution in [-0.4, -0.2) is 20.9 Å². The first-order valence-corrected chi connectivity index (χ1v) is 5.75. The molecule has 1 aromatic heterocycles. The van der Waals surface area contributed by atoms with Gasteiger partial charge in [0, 0.05) is 13.0 Å². The number of amides is 1. The Kier molecular flexibility index (Phi) is 5.14. The van der Waals surface area contributed by atoms with E-state index in [0.29, 0.717) is 12.1 Å². The Bertz CT molecular complexity index is 418. The molecule has 2 N–H and O–H groups in total. The van der Waals surface area contributed by atoms with Gasteiger partial charge in [-0.25, -0.2) is 4.68 Å². The van der Waals surface area contributed by atoms with Gasteiger partial charge in [0.25, 0.3) is 0 Å². The number of hydrogen-bond acceptors (Lipinski definition) is 4. The smallest absolute Gasteiger partial charge is 0.223 e. The maximum absolute atomic E-state index is 10.9. The predicted octanol–water partition coefficient (Wildman–Crippen LogP) is 0.562. The number of rotatable bonds is 7. The van der Waals surface area contributed by atoms with E-state index in [-0.39, 0.29) is 6.42 Å². The third-order valence-electron chi connectivity index (χ3n) is 2.50. The monoisotopic (exact) mass is 235 g/mol. The lowest BCUT2D eigenvalue weighted by Gasteiger charge is -2.04. The van der Waals surface area contributed by atoms with Crippen LogP contribution in [0.1, 0.15) is 37.6 Å². The molecular weight excluding hydrogens is 218 g/mol. The zero-order chi connectivity index (χ0) is 12.7. The largest absolute Gasteiger partial charge is 0.369 e. The number of nitrogens with two attached hydrogens (primary N) is 1. The van der Waals surface area contributed by atoms with E-state index in [0.717, 1.165) is 31.5 Å². The van der Waals surface area contributed by atoms with Crippen molar-refractivity contribution in [3.05, 3.63) is 11.4 Å². The molecular formula is C11H17N5O. The van der Waals surface area contributed by atoms with Crippen molar-refractivity contribution in [2.45, 2.75) is 45.6 Å². The summed E-state index contributed by atoms with van der Waals surface area (Å²) in [6.07, 6.45) is 3.21. The highest BCUT2D eigenvalue weighted by molar-refractivity contribution is 5.76. The maximum Gasteiger partial charge on any atom is 0.223 e. The fourth-order valence-corrected chi connectivity index (χ4v) is 1.70. The van der Waals surface area contributed by atoms with E-state index >= 15 is 0 Å². The third-order valence-corrected chi connectivity index (χ3v) is 2.50. The van der Waals surface area contributed by atoms with E-state index < -0.39 is 5.91 Å². The van der Waals surface area contributed by atoms with Crippen molar-refractivity contribution in [3.63, 3.8) is 0 Å². The van der Waals surface area contributed by atoms with E-state index in [1.807, 2.05) is 6.92 Å². The van der Waals surface area contributed by atoms with Crippen LogP contribution in [-0.2, 0) is 24.2 Å². The van der Waals surface area contributed by atoms with E-state index in [1.165, 1.54) is 0 Å². The zero-order valence-corrected chi connectivity index (χ0v) is 10.0. The average molecular weight is 235 g/mol. The Hall–Kier alpha value is -1.90. The average Bonchev–Trinajstić information content (AvgIpc) is 2.66. The minimum atomic E-state index is -0.392. The number of hydrogen-bond donors (Lipinski definition) is 1. The van der Waals surface area contributed by atoms with Crippen LogP contribution in [0.2, 0.25) is 0 Å². The summed E-state index contributed by atoms with van der Waals surface area (Å²) in [4.78, 5) is 10.9. The second-order valence-corrected chi connectivity index (χ2v) is 3.82. The molecule has 6 heteroatoms. The summed E-state index contributed by atoms with van der Waals surface area (Å²) in [6.45, 7) is 2.73. The number of carbonyl (C=O) groups is 1. The van der Waals surface area contributed by atoms with Gasteiger partial charge >= 0.3 is 0 Å². The molecule has 0 bridgehead atoms. The van der Waals surface area contributed by atoms with Gasteiger partial charge in [0.2, 0.25) is 5.91 Å². The SMILES string of the molecule is CCc1c(CC(N)=O)nnn1CCCCC#N. The molecule has 0 saturated carbocycles. The lowest BCUT2D eigenvalue weighted by Crippen LogP contribution is -2.15. The van der Waals surface area contributed by atoms with Gasteiger partial charge in [0.05, 0.1) is 23.9 Å². The second-order valence-electron chi connectivity index (χ2n) is 3.82.